The Labute approximate surface area is 298 Å². The maximum atomic E-state index is 8.01. The van der Waals surface area contributed by atoms with E-state index < -0.39 is 0 Å². The van der Waals surface area contributed by atoms with Crippen LogP contribution in [0.5, 0.6) is 0 Å². The van der Waals surface area contributed by atoms with Crippen molar-refractivity contribution in [1.82, 2.24) is 19.5 Å². The lowest BCUT2D eigenvalue weighted by Gasteiger charge is -2.15. The van der Waals surface area contributed by atoms with Crippen LogP contribution in [0.2, 0.25) is 0 Å². The fraction of sp³-hybridized carbons (Fsp3) is 0. The lowest BCUT2D eigenvalue weighted by Crippen LogP contribution is -2.01. The van der Waals surface area contributed by atoms with Gasteiger partial charge in [-0.1, -0.05) is 121 Å². The first-order valence-corrected chi connectivity index (χ1v) is 17.1. The average Bonchev–Trinajstić information content (AvgIpc) is 3.75. The quantitative estimate of drug-likeness (QED) is 0.172. The van der Waals surface area contributed by atoms with Gasteiger partial charge in [0.05, 0.1) is 17.6 Å². The predicted molar refractivity (Wildman–Crippen MR) is 209 cm³/mol. The number of hydrogen-bond donors (Lipinski definition) is 0. The zero-order chi connectivity index (χ0) is 34.6. The summed E-state index contributed by atoms with van der Waals surface area (Å²) in [6.07, 6.45) is 0. The molecule has 0 atom stereocenters. The smallest absolute Gasteiger partial charge is 0.194 e. The molecular weight excluding hydrogens is 639 g/mol. The number of furan rings is 1. The molecule has 10 aromatic rings. The Morgan fingerprint density at radius 2 is 1.04 bits per heavy atom. The van der Waals surface area contributed by atoms with E-state index in [0.717, 1.165) is 77.2 Å². The van der Waals surface area contributed by atoms with E-state index in [4.69, 9.17) is 25.9 Å². The third-order valence-electron chi connectivity index (χ3n) is 9.64. The lowest BCUT2D eigenvalue weighted by atomic mass is 9.99. The second-order valence-electron chi connectivity index (χ2n) is 12.8. The van der Waals surface area contributed by atoms with Crippen LogP contribution in [-0.2, 0) is 0 Å². The Morgan fingerprint density at radius 3 is 1.77 bits per heavy atom. The van der Waals surface area contributed by atoms with Gasteiger partial charge in [0.15, 0.2) is 23.2 Å². The maximum absolute atomic E-state index is 8.01. The monoisotopic (exact) mass is 665 g/mol. The molecule has 0 radical (unpaired) electrons. The second kappa shape index (κ2) is 11.9. The molecule has 6 nitrogen and oxygen atoms in total. The Balaban J connectivity index is 1.29. The maximum Gasteiger partial charge on any atom is 0.194 e. The van der Waals surface area contributed by atoms with Gasteiger partial charge in [-0.3, -0.25) is 0 Å². The summed E-state index contributed by atoms with van der Waals surface area (Å²) in [6, 6.07) is 55.1. The zero-order valence-corrected chi connectivity index (χ0v) is 27.7. The van der Waals surface area contributed by atoms with Crippen LogP contribution in [0.1, 0.15) is 0 Å². The Kier molecular flexibility index (Phi) is 6.76. The molecule has 52 heavy (non-hydrogen) atoms. The fourth-order valence-corrected chi connectivity index (χ4v) is 7.24. The summed E-state index contributed by atoms with van der Waals surface area (Å²) >= 11 is 0. The van der Waals surface area contributed by atoms with Crippen LogP contribution in [-0.4, -0.2) is 19.5 Å². The van der Waals surface area contributed by atoms with Gasteiger partial charge in [-0.05, 0) is 53.6 Å². The van der Waals surface area contributed by atoms with Gasteiger partial charge in [0.2, 0.25) is 0 Å². The van der Waals surface area contributed by atoms with Crippen molar-refractivity contribution >= 4 is 49.4 Å². The number of hydrogen-bond acceptors (Lipinski definition) is 4. The van der Waals surface area contributed by atoms with Gasteiger partial charge >= 0.3 is 0 Å². The molecule has 242 valence electrons. The van der Waals surface area contributed by atoms with Gasteiger partial charge in [0.25, 0.3) is 0 Å². The number of benzene rings is 7. The highest BCUT2D eigenvalue weighted by Gasteiger charge is 2.20. The predicted octanol–water partition coefficient (Wildman–Crippen LogP) is 12.1. The van der Waals surface area contributed by atoms with E-state index in [0.29, 0.717) is 23.2 Å². The van der Waals surface area contributed by atoms with Crippen molar-refractivity contribution in [3.8, 4) is 51.0 Å². The van der Waals surface area contributed by atoms with Crippen LogP contribution in [0.25, 0.3) is 99.6 Å². The number of fused-ring (bicyclic) bond motifs is 6. The highest BCUT2D eigenvalue weighted by atomic mass is 16.3. The van der Waals surface area contributed by atoms with Gasteiger partial charge in [0, 0.05) is 43.9 Å². The van der Waals surface area contributed by atoms with Crippen molar-refractivity contribution < 1.29 is 4.42 Å². The minimum Gasteiger partial charge on any atom is -0.456 e. The standard InChI is InChI=1S/C46H27N5O/c1-47-39-21-11-8-18-34(39)31-24-32(46-49-44(29-14-4-2-5-15-29)48-45(50-46)30-16-6-3-7-17-30)26-33(25-31)51-40-22-12-9-19-35(40)37-28-43-38(27-41(37)51)36-20-10-13-23-42(36)52-43/h2-28H. The second-order valence-corrected chi connectivity index (χ2v) is 12.8. The molecule has 0 saturated heterocycles. The first kappa shape index (κ1) is 29.5. The van der Waals surface area contributed by atoms with Crippen LogP contribution in [0, 0.1) is 6.57 Å². The van der Waals surface area contributed by atoms with Gasteiger partial charge in [-0.25, -0.2) is 19.8 Å². The minimum absolute atomic E-state index is 0.542. The van der Waals surface area contributed by atoms with E-state index >= 15 is 0 Å². The minimum atomic E-state index is 0.542. The molecule has 0 aliphatic rings. The van der Waals surface area contributed by atoms with Crippen molar-refractivity contribution in [2.45, 2.75) is 0 Å². The topological polar surface area (TPSA) is 61.1 Å². The van der Waals surface area contributed by atoms with Gasteiger partial charge in [0.1, 0.15) is 11.2 Å². The van der Waals surface area contributed by atoms with E-state index in [9.17, 15) is 0 Å². The third kappa shape index (κ3) is 4.84. The zero-order valence-electron chi connectivity index (χ0n) is 27.7. The SMILES string of the molecule is [C-]#[N+]c1ccccc1-c1cc(-c2nc(-c3ccccc3)nc(-c3ccccc3)n2)cc(-n2c3ccccc3c3cc4oc5ccccc5c4cc32)c1. The van der Waals surface area contributed by atoms with E-state index in [-0.39, 0.29) is 0 Å². The van der Waals surface area contributed by atoms with Crippen LogP contribution >= 0.6 is 0 Å². The lowest BCUT2D eigenvalue weighted by molar-refractivity contribution is 0.669. The molecule has 0 spiro atoms. The highest BCUT2D eigenvalue weighted by molar-refractivity contribution is 6.17. The molecule has 0 N–H and O–H groups in total. The van der Waals surface area contributed by atoms with Crippen molar-refractivity contribution in [1.29, 1.82) is 0 Å². The van der Waals surface area contributed by atoms with Gasteiger partial charge < -0.3 is 8.98 Å². The van der Waals surface area contributed by atoms with Crippen molar-refractivity contribution in [3.63, 3.8) is 0 Å². The summed E-state index contributed by atoms with van der Waals surface area (Å²) < 4.78 is 8.64. The van der Waals surface area contributed by atoms with E-state index in [2.05, 4.69) is 70.1 Å². The van der Waals surface area contributed by atoms with Gasteiger partial charge in [-0.2, -0.15) is 0 Å². The molecule has 6 heteroatoms. The van der Waals surface area contributed by atoms with Crippen molar-refractivity contribution in [3.05, 3.63) is 175 Å². The van der Waals surface area contributed by atoms with Crippen LogP contribution in [0.4, 0.5) is 5.69 Å². The molecule has 0 fully saturated rings. The Bertz CT molecular complexity index is 2970. The Morgan fingerprint density at radius 1 is 0.442 bits per heavy atom. The molecular formula is C46H27N5O. The molecule has 3 aromatic heterocycles. The molecule has 0 unspecified atom stereocenters. The summed E-state index contributed by atoms with van der Waals surface area (Å²) in [4.78, 5) is 19.0. The number of nitrogens with zero attached hydrogens (tertiary/aromatic N) is 5. The average molecular weight is 666 g/mol. The fourth-order valence-electron chi connectivity index (χ4n) is 7.24. The number of rotatable bonds is 5. The molecule has 10 rings (SSSR count). The Hall–Kier alpha value is -7.36. The molecule has 7 aromatic carbocycles. The van der Waals surface area contributed by atoms with E-state index in [1.165, 1.54) is 0 Å². The highest BCUT2D eigenvalue weighted by Crippen LogP contribution is 2.41. The number of aromatic nitrogens is 4. The molecule has 3 heterocycles. The third-order valence-corrected chi connectivity index (χ3v) is 9.64. The molecule has 0 bridgehead atoms. The van der Waals surface area contributed by atoms with Crippen LogP contribution < -0.4 is 0 Å². The van der Waals surface area contributed by atoms with E-state index in [1.807, 2.05) is 103 Å². The molecule has 0 aliphatic heterocycles. The van der Waals surface area contributed by atoms with Crippen molar-refractivity contribution in [2.24, 2.45) is 0 Å². The van der Waals surface area contributed by atoms with Crippen LogP contribution in [0.15, 0.2) is 168 Å². The summed E-state index contributed by atoms with van der Waals surface area (Å²) in [5, 5.41) is 4.34. The largest absolute Gasteiger partial charge is 0.456 e. The van der Waals surface area contributed by atoms with Crippen LogP contribution in [0.3, 0.4) is 0 Å². The van der Waals surface area contributed by atoms with Gasteiger partial charge in [-0.15, -0.1) is 0 Å². The number of para-hydroxylation sites is 3. The summed E-state index contributed by atoms with van der Waals surface area (Å²) in [6.45, 7) is 8.01. The molecule has 0 saturated carbocycles. The van der Waals surface area contributed by atoms with Crippen molar-refractivity contribution in [2.75, 3.05) is 0 Å². The molecule has 0 amide bonds. The first-order valence-electron chi connectivity index (χ1n) is 17.1. The van der Waals surface area contributed by atoms with E-state index in [1.54, 1.807) is 0 Å². The summed E-state index contributed by atoms with van der Waals surface area (Å²) in [5.74, 6) is 1.72. The first-order chi connectivity index (χ1) is 25.7. The molecule has 0 aliphatic carbocycles. The summed E-state index contributed by atoms with van der Waals surface area (Å²) in [5.41, 5.74) is 9.66. The normalized spacial score (nSPS) is 11.4. The summed E-state index contributed by atoms with van der Waals surface area (Å²) in [7, 11) is 0.